The highest BCUT2D eigenvalue weighted by atomic mass is 35.5. The Morgan fingerprint density at radius 1 is 1.13 bits per heavy atom. The molecule has 2 amide bonds. The van der Waals surface area contributed by atoms with Crippen LogP contribution in [-0.4, -0.2) is 68.5 Å². The highest BCUT2D eigenvalue weighted by Crippen LogP contribution is 2.46. The third-order valence-electron chi connectivity index (χ3n) is 8.66. The maximum atomic E-state index is 17.1. The lowest BCUT2D eigenvalue weighted by atomic mass is 10.0. The molecule has 2 aliphatic heterocycles. The van der Waals surface area contributed by atoms with Crippen LogP contribution in [0.3, 0.4) is 0 Å². The van der Waals surface area contributed by atoms with Crippen LogP contribution in [0.5, 0.6) is 0 Å². The summed E-state index contributed by atoms with van der Waals surface area (Å²) in [5.41, 5.74) is 4.95. The minimum absolute atomic E-state index is 0.0136. The van der Waals surface area contributed by atoms with Crippen molar-refractivity contribution < 1.29 is 18.4 Å². The van der Waals surface area contributed by atoms with Gasteiger partial charge in [0.1, 0.15) is 17.6 Å². The number of amides is 2. The number of hydrogen-bond acceptors (Lipinski definition) is 8. The SMILES string of the molecule is C=CC(=O)N1CC(C)N2c3nc(=O)n(-c4c(C)ccnc4C(C)C)c4nc(-c5c(N)c(Cl)cc(Cl)c5F)c(F)c(c34)N(C)C(=O)C2C1. The van der Waals surface area contributed by atoms with Gasteiger partial charge in [-0.15, -0.1) is 0 Å². The summed E-state index contributed by atoms with van der Waals surface area (Å²) in [4.78, 5) is 58.9. The van der Waals surface area contributed by atoms with Crippen LogP contribution in [0.4, 0.5) is 26.0 Å². The van der Waals surface area contributed by atoms with E-state index in [1.807, 2.05) is 13.8 Å². The zero-order valence-electron chi connectivity index (χ0n) is 26.1. The molecule has 244 valence electrons. The second-order valence-corrected chi connectivity index (χ2v) is 12.8. The number of aryl methyl sites for hydroxylation is 1. The van der Waals surface area contributed by atoms with Gasteiger partial charge in [0.2, 0.25) is 5.91 Å². The monoisotopic (exact) mass is 682 g/mol. The fraction of sp³-hybridized carbons (Fsp3) is 0.312. The first-order valence-corrected chi connectivity index (χ1v) is 15.5. The molecule has 11 nitrogen and oxygen atoms in total. The van der Waals surface area contributed by atoms with Crippen LogP contribution < -0.4 is 21.2 Å². The molecule has 1 saturated heterocycles. The second kappa shape index (κ2) is 11.6. The van der Waals surface area contributed by atoms with Gasteiger partial charge in [-0.2, -0.15) is 4.98 Å². The van der Waals surface area contributed by atoms with Crippen LogP contribution >= 0.6 is 23.2 Å². The smallest absolute Gasteiger partial charge is 0.355 e. The molecule has 0 aliphatic carbocycles. The van der Waals surface area contributed by atoms with Crippen LogP contribution in [-0.2, 0) is 9.59 Å². The van der Waals surface area contributed by atoms with Gasteiger partial charge in [-0.25, -0.2) is 23.1 Å². The van der Waals surface area contributed by atoms with Gasteiger partial charge in [-0.3, -0.25) is 14.6 Å². The molecule has 6 rings (SSSR count). The number of rotatable bonds is 4. The number of carbonyl (C=O) groups excluding carboxylic acids is 2. The number of aromatic nitrogens is 4. The third-order valence-corrected chi connectivity index (χ3v) is 9.25. The number of benzene rings is 1. The maximum Gasteiger partial charge on any atom is 0.355 e. The van der Waals surface area contributed by atoms with Crippen molar-refractivity contribution >= 4 is 63.2 Å². The summed E-state index contributed by atoms with van der Waals surface area (Å²) in [6.07, 6.45) is 2.75. The first kappa shape index (κ1) is 32.3. The summed E-state index contributed by atoms with van der Waals surface area (Å²) in [5, 5.41) is -0.574. The number of nitrogens with zero attached hydrogens (tertiary/aromatic N) is 7. The van der Waals surface area contributed by atoms with E-state index in [-0.39, 0.29) is 52.3 Å². The van der Waals surface area contributed by atoms with Gasteiger partial charge in [0.25, 0.3) is 5.91 Å². The minimum atomic E-state index is -1.12. The van der Waals surface area contributed by atoms with E-state index in [9.17, 15) is 14.4 Å². The molecule has 0 spiro atoms. The lowest BCUT2D eigenvalue weighted by Crippen LogP contribution is -2.63. The topological polar surface area (TPSA) is 131 Å². The molecular formula is C32H30Cl2F2N8O3. The Hall–Kier alpha value is -4.62. The van der Waals surface area contributed by atoms with Crippen molar-refractivity contribution in [1.29, 1.82) is 0 Å². The molecular weight excluding hydrogens is 653 g/mol. The number of halogens is 4. The Morgan fingerprint density at radius 3 is 2.49 bits per heavy atom. The zero-order valence-corrected chi connectivity index (χ0v) is 27.6. The Kier molecular flexibility index (Phi) is 7.95. The van der Waals surface area contributed by atoms with Gasteiger partial charge < -0.3 is 20.4 Å². The lowest BCUT2D eigenvalue weighted by Gasteiger charge is -2.45. The van der Waals surface area contributed by atoms with E-state index < -0.39 is 57.5 Å². The molecule has 4 aromatic rings. The van der Waals surface area contributed by atoms with E-state index in [0.717, 1.165) is 17.0 Å². The maximum absolute atomic E-state index is 17.1. The summed E-state index contributed by atoms with van der Waals surface area (Å²) in [5.74, 6) is -3.41. The first-order chi connectivity index (χ1) is 22.2. The molecule has 2 aliphatic rings. The molecule has 2 unspecified atom stereocenters. The summed E-state index contributed by atoms with van der Waals surface area (Å²) in [6, 6.07) is 1.17. The van der Waals surface area contributed by atoms with Crippen LogP contribution in [0.15, 0.2) is 35.8 Å². The largest absolute Gasteiger partial charge is 0.397 e. The van der Waals surface area contributed by atoms with Crippen molar-refractivity contribution in [2.45, 2.75) is 45.7 Å². The molecule has 15 heteroatoms. The average molecular weight is 684 g/mol. The van der Waals surface area contributed by atoms with Gasteiger partial charge in [-0.05, 0) is 43.5 Å². The van der Waals surface area contributed by atoms with Crippen molar-refractivity contribution in [2.24, 2.45) is 0 Å². The zero-order chi connectivity index (χ0) is 34.2. The number of pyridine rings is 2. The van der Waals surface area contributed by atoms with Crippen molar-refractivity contribution in [3.8, 4) is 16.9 Å². The molecule has 1 fully saturated rings. The Morgan fingerprint density at radius 2 is 1.83 bits per heavy atom. The van der Waals surface area contributed by atoms with Gasteiger partial charge >= 0.3 is 5.69 Å². The van der Waals surface area contributed by atoms with Gasteiger partial charge in [-0.1, -0.05) is 43.6 Å². The second-order valence-electron chi connectivity index (χ2n) is 12.0. The van der Waals surface area contributed by atoms with Crippen molar-refractivity contribution in [1.82, 2.24) is 24.4 Å². The van der Waals surface area contributed by atoms with Gasteiger partial charge in [0.15, 0.2) is 17.3 Å². The summed E-state index contributed by atoms with van der Waals surface area (Å²) >= 11 is 12.4. The van der Waals surface area contributed by atoms with Crippen molar-refractivity contribution in [2.75, 3.05) is 35.7 Å². The Balaban J connectivity index is 1.82. The number of piperazine rings is 1. The molecule has 47 heavy (non-hydrogen) atoms. The minimum Gasteiger partial charge on any atom is -0.397 e. The number of carbonyl (C=O) groups is 2. The van der Waals surface area contributed by atoms with E-state index in [0.29, 0.717) is 16.9 Å². The van der Waals surface area contributed by atoms with E-state index in [1.165, 1.54) is 16.5 Å². The van der Waals surface area contributed by atoms with Crippen molar-refractivity contribution in [3.05, 3.63) is 74.4 Å². The van der Waals surface area contributed by atoms with Crippen molar-refractivity contribution in [3.63, 3.8) is 0 Å². The predicted molar refractivity (Wildman–Crippen MR) is 177 cm³/mol. The Labute approximate surface area is 278 Å². The number of hydrogen-bond donors (Lipinski definition) is 1. The lowest BCUT2D eigenvalue weighted by molar-refractivity contribution is -0.129. The molecule has 0 saturated carbocycles. The first-order valence-electron chi connectivity index (χ1n) is 14.7. The van der Waals surface area contributed by atoms with E-state index >= 15 is 8.78 Å². The Bertz CT molecular complexity index is 2080. The number of nitrogens with two attached hydrogens (primary N) is 1. The molecule has 1 aromatic carbocycles. The van der Waals surface area contributed by atoms with Crippen LogP contribution in [0.25, 0.3) is 28.0 Å². The molecule has 2 atom stereocenters. The third kappa shape index (κ3) is 4.82. The average Bonchev–Trinajstić information content (AvgIpc) is 3.11. The fourth-order valence-electron chi connectivity index (χ4n) is 6.47. The predicted octanol–water partition coefficient (Wildman–Crippen LogP) is 5.01. The summed E-state index contributed by atoms with van der Waals surface area (Å²) in [6.45, 7) is 10.9. The number of likely N-dealkylation sites (N-methyl/N-ethyl adjacent to an activating group) is 1. The van der Waals surface area contributed by atoms with Gasteiger partial charge in [0, 0.05) is 25.8 Å². The molecule has 2 N–H and O–H groups in total. The quantitative estimate of drug-likeness (QED) is 0.181. The van der Waals surface area contributed by atoms with E-state index in [1.54, 1.807) is 31.0 Å². The molecule has 0 bridgehead atoms. The van der Waals surface area contributed by atoms with Crippen LogP contribution in [0, 0.1) is 18.6 Å². The fourth-order valence-corrected chi connectivity index (χ4v) is 6.93. The normalized spacial score (nSPS) is 17.7. The summed E-state index contributed by atoms with van der Waals surface area (Å²) < 4.78 is 34.1. The standard InChI is InChI=1S/C32H30Cl2F2N8O3/c1-7-19(45)42-11-15(5)43-18(12-42)31(46)41(6)28-21-29(39-26(23(28)36)20-22(35)16(33)10-17(34)24(20)37)44(32(47)40-30(21)43)27-14(4)8-9-38-25(27)13(2)3/h7-10,13,15,18H,1,11-12,37H2,2-6H3. The van der Waals surface area contributed by atoms with E-state index in [2.05, 4.69) is 21.5 Å². The molecule has 0 radical (unpaired) electrons. The van der Waals surface area contributed by atoms with Crippen LogP contribution in [0.2, 0.25) is 10.0 Å². The highest BCUT2D eigenvalue weighted by molar-refractivity contribution is 6.37. The van der Waals surface area contributed by atoms with Crippen LogP contribution in [0.1, 0.15) is 37.9 Å². The number of nitrogen functional groups attached to an aromatic ring is 1. The number of anilines is 3. The molecule has 5 heterocycles. The highest BCUT2D eigenvalue weighted by Gasteiger charge is 2.45. The summed E-state index contributed by atoms with van der Waals surface area (Å²) in [7, 11) is 1.35. The van der Waals surface area contributed by atoms with E-state index in [4.69, 9.17) is 28.9 Å². The molecule has 3 aromatic heterocycles. The number of fused-ring (bicyclic) bond motifs is 2. The van der Waals surface area contributed by atoms with Gasteiger partial charge in [0.05, 0.1) is 50.3 Å².